The van der Waals surface area contributed by atoms with Crippen molar-refractivity contribution in [3.63, 3.8) is 0 Å². The van der Waals surface area contributed by atoms with Gasteiger partial charge in [0.1, 0.15) is 0 Å². The molecule has 0 saturated heterocycles. The first-order chi connectivity index (χ1) is 7.68. The van der Waals surface area contributed by atoms with Crippen LogP contribution in [0.25, 0.3) is 0 Å². The van der Waals surface area contributed by atoms with E-state index >= 15 is 0 Å². The van der Waals surface area contributed by atoms with Gasteiger partial charge in [0, 0.05) is 0 Å². The molecule has 0 aliphatic carbocycles. The molecule has 0 heterocycles. The molecule has 0 aromatic carbocycles. The predicted molar refractivity (Wildman–Crippen MR) is 79.8 cm³/mol. The van der Waals surface area contributed by atoms with Crippen molar-refractivity contribution in [1.29, 1.82) is 0 Å². The van der Waals surface area contributed by atoms with Crippen LogP contribution in [0.1, 0.15) is 62.3 Å². The Labute approximate surface area is 194 Å². The number of rotatable bonds is 0. The van der Waals surface area contributed by atoms with Gasteiger partial charge >= 0.3 is 56.6 Å². The van der Waals surface area contributed by atoms with Crippen molar-refractivity contribution in [2.24, 2.45) is 0 Å². The molecular formula is C12H27Al3Li3O3. The van der Waals surface area contributed by atoms with E-state index in [1.807, 2.05) is 62.3 Å². The van der Waals surface area contributed by atoms with Gasteiger partial charge in [0.25, 0.3) is 0 Å². The first-order valence-electron chi connectivity index (χ1n) is 5.82. The molecule has 0 saturated carbocycles. The maximum Gasteiger partial charge on any atom is 1.00 e. The van der Waals surface area contributed by atoms with Crippen LogP contribution < -0.4 is 56.6 Å². The Kier molecular flexibility index (Phi) is 36.7. The third kappa shape index (κ3) is 69.9. The monoisotopic (exact) mass is 321 g/mol. The third-order valence-corrected chi connectivity index (χ3v) is 3.18. The minimum absolute atomic E-state index is 0. The Bertz CT molecular complexity index is 158. The van der Waals surface area contributed by atoms with Crippen LogP contribution >= 0.6 is 0 Å². The first-order valence-corrected chi connectivity index (χ1v) is 7.23. The minimum atomic E-state index is 0. The van der Waals surface area contributed by atoms with Crippen molar-refractivity contribution in [2.45, 2.75) is 79.1 Å². The molecule has 0 unspecified atom stereocenters. The molecule has 0 aromatic heterocycles. The maximum absolute atomic E-state index is 4.85. The van der Waals surface area contributed by atoms with Gasteiger partial charge in [0.2, 0.25) is 0 Å². The van der Waals surface area contributed by atoms with E-state index in [4.69, 9.17) is 11.4 Å². The van der Waals surface area contributed by atoms with Crippen molar-refractivity contribution in [3.05, 3.63) is 0 Å². The predicted octanol–water partition coefficient (Wildman–Crippen LogP) is -6.33. The Morgan fingerprint density at radius 3 is 0.476 bits per heavy atom. The minimum Gasteiger partial charge on any atom is -0.756 e. The SMILES string of the molecule is CC(C)(C)[O][Al-].CC(C)(C)[O][Al-].CC(C)(C)[O][Al-].[Li+].[Li+].[Li+]. The van der Waals surface area contributed by atoms with Crippen LogP contribution in [0.3, 0.4) is 0 Å². The fraction of sp³-hybridized carbons (Fsp3) is 1.00. The van der Waals surface area contributed by atoms with E-state index < -0.39 is 0 Å². The Morgan fingerprint density at radius 1 is 0.429 bits per heavy atom. The number of hydrogen-bond donors (Lipinski definition) is 0. The van der Waals surface area contributed by atoms with Gasteiger partial charge in [0.05, 0.1) is 0 Å². The molecule has 0 aliphatic rings. The van der Waals surface area contributed by atoms with Crippen molar-refractivity contribution < 1.29 is 67.9 Å². The van der Waals surface area contributed by atoms with Crippen LogP contribution in [-0.4, -0.2) is 66.7 Å². The molecule has 0 bridgehead atoms. The van der Waals surface area contributed by atoms with E-state index in [1.165, 1.54) is 0 Å². The summed E-state index contributed by atoms with van der Waals surface area (Å²) in [6.45, 7) is 18.0. The Balaban J connectivity index is -0.0000000375. The average molecular weight is 321 g/mol. The van der Waals surface area contributed by atoms with Crippen molar-refractivity contribution in [2.75, 3.05) is 0 Å². The van der Waals surface area contributed by atoms with E-state index in [9.17, 15) is 0 Å². The summed E-state index contributed by atoms with van der Waals surface area (Å²) in [5.74, 6) is 0. The molecule has 0 aliphatic heterocycles. The van der Waals surface area contributed by atoms with Gasteiger partial charge in [-0.3, -0.25) is 0 Å². The zero-order chi connectivity index (χ0) is 15.6. The van der Waals surface area contributed by atoms with Crippen LogP contribution in [0, 0.1) is 0 Å². The third-order valence-electron chi connectivity index (χ3n) is 1.06. The first kappa shape index (κ1) is 39.4. The molecular weight excluding hydrogens is 294 g/mol. The second kappa shape index (κ2) is 19.6. The summed E-state index contributed by atoms with van der Waals surface area (Å²) in [5, 5.41) is 0. The zero-order valence-corrected chi connectivity index (χ0v) is 19.9. The molecule has 3 nitrogen and oxygen atoms in total. The largest absolute Gasteiger partial charge is 1.00 e. The van der Waals surface area contributed by atoms with Gasteiger partial charge in [-0.15, -0.1) is 0 Å². The van der Waals surface area contributed by atoms with Crippen LogP contribution in [-0.2, 0) is 11.4 Å². The van der Waals surface area contributed by atoms with Crippen LogP contribution in [0.15, 0.2) is 0 Å². The smallest absolute Gasteiger partial charge is 0.756 e. The normalized spacial score (nSPS) is 10.3. The Morgan fingerprint density at radius 2 is 0.476 bits per heavy atom. The van der Waals surface area contributed by atoms with Gasteiger partial charge in [-0.05, 0) is 79.1 Å². The maximum atomic E-state index is 4.85. The van der Waals surface area contributed by atoms with E-state index in [1.54, 1.807) is 0 Å². The molecule has 0 aromatic rings. The molecule has 0 amide bonds. The van der Waals surface area contributed by atoms with Crippen LogP contribution in [0.2, 0.25) is 0 Å². The van der Waals surface area contributed by atoms with Crippen molar-refractivity contribution in [1.82, 2.24) is 0 Å². The number of hydrogen-bond acceptors (Lipinski definition) is 3. The van der Waals surface area contributed by atoms with Crippen LogP contribution in [0.4, 0.5) is 0 Å². The van der Waals surface area contributed by atoms with E-state index in [2.05, 4.69) is 49.9 Å². The summed E-state index contributed by atoms with van der Waals surface area (Å²) < 4.78 is 14.6. The summed E-state index contributed by atoms with van der Waals surface area (Å²) in [6.07, 6.45) is 0. The topological polar surface area (TPSA) is 27.7 Å². The molecule has 0 spiro atoms. The van der Waals surface area contributed by atoms with Gasteiger partial charge in [-0.2, -0.15) is 0 Å². The van der Waals surface area contributed by atoms with E-state index in [0.717, 1.165) is 0 Å². The van der Waals surface area contributed by atoms with Gasteiger partial charge < -0.3 is 61.2 Å². The molecule has 105 valence electrons. The quantitative estimate of drug-likeness (QED) is 0.416. The average Bonchev–Trinajstić information content (AvgIpc) is 2.16. The van der Waals surface area contributed by atoms with E-state index in [-0.39, 0.29) is 73.4 Å². The molecule has 0 atom stereocenters. The van der Waals surface area contributed by atoms with Gasteiger partial charge in [-0.1, -0.05) is 0 Å². The summed E-state index contributed by atoms with van der Waals surface area (Å²) in [6, 6.07) is 0. The molecule has 0 fully saturated rings. The Hall–Kier alpha value is 3.27. The summed E-state index contributed by atoms with van der Waals surface area (Å²) >= 11 is 6.67. The fourth-order valence-electron chi connectivity index (χ4n) is 0. The summed E-state index contributed by atoms with van der Waals surface area (Å²) in [7, 11) is 0. The van der Waals surface area contributed by atoms with Crippen LogP contribution in [0.5, 0.6) is 0 Å². The standard InChI is InChI=1S/3C4H9O.3Al.3Li/c3*1-4(2,3)5;;;;;;/h3*1-3H3;;;;;;/q3*-1;;;;3*+1. The molecule has 0 N–H and O–H groups in total. The molecule has 0 rings (SSSR count). The summed E-state index contributed by atoms with van der Waals surface area (Å²) in [4.78, 5) is 0. The van der Waals surface area contributed by atoms with Gasteiger partial charge in [-0.25, -0.2) is 0 Å². The molecule has 9 radical (unpaired) electrons. The van der Waals surface area contributed by atoms with E-state index in [0.29, 0.717) is 0 Å². The summed E-state index contributed by atoms with van der Waals surface area (Å²) in [5.41, 5.74) is 0.0139. The second-order valence-corrected chi connectivity index (χ2v) is 7.40. The fourth-order valence-corrected chi connectivity index (χ4v) is 0. The van der Waals surface area contributed by atoms with Crippen molar-refractivity contribution >= 4 is 49.9 Å². The molecule has 9 heteroatoms. The zero-order valence-electron chi connectivity index (χ0n) is 16.5. The second-order valence-electron chi connectivity index (χ2n) is 6.69. The van der Waals surface area contributed by atoms with Gasteiger partial charge in [0.15, 0.2) is 0 Å². The van der Waals surface area contributed by atoms with Crippen molar-refractivity contribution in [3.8, 4) is 0 Å². The molecule has 21 heavy (non-hydrogen) atoms.